The Hall–Kier alpha value is -1.99. The summed E-state index contributed by atoms with van der Waals surface area (Å²) in [7, 11) is -3.71. The van der Waals surface area contributed by atoms with E-state index in [0.29, 0.717) is 5.56 Å². The minimum Gasteiger partial charge on any atom is -0.392 e. The number of aromatic nitrogens is 2. The summed E-state index contributed by atoms with van der Waals surface area (Å²) in [5.74, 6) is 0.145. The first-order valence-corrected chi connectivity index (χ1v) is 6.60. The van der Waals surface area contributed by atoms with Crippen molar-refractivity contribution in [1.29, 1.82) is 0 Å². The molecule has 2 aromatic rings. The van der Waals surface area contributed by atoms with Crippen molar-refractivity contribution in [1.82, 2.24) is 10.2 Å². The molecular formula is C11H11N3O3S. The van der Waals surface area contributed by atoms with Crippen LogP contribution >= 0.6 is 0 Å². The van der Waals surface area contributed by atoms with Gasteiger partial charge >= 0.3 is 0 Å². The van der Waals surface area contributed by atoms with Crippen LogP contribution in [0.15, 0.2) is 47.5 Å². The number of hydrogen-bond donors (Lipinski definition) is 2. The molecule has 2 rings (SSSR count). The van der Waals surface area contributed by atoms with Gasteiger partial charge in [-0.3, -0.25) is 4.72 Å². The van der Waals surface area contributed by atoms with Crippen molar-refractivity contribution >= 4 is 15.8 Å². The molecule has 2 N–H and O–H groups in total. The van der Waals surface area contributed by atoms with Crippen molar-refractivity contribution in [3.8, 4) is 0 Å². The standard InChI is InChI=1S/C11H11N3O3S/c15-8-9-3-1-4-10(7-9)18(16,17)14-11-5-2-6-12-13-11/h1-7,15H,8H2,(H,13,14). The van der Waals surface area contributed by atoms with E-state index in [1.165, 1.54) is 24.4 Å². The normalized spacial score (nSPS) is 11.2. The van der Waals surface area contributed by atoms with Crippen LogP contribution in [0.2, 0.25) is 0 Å². The summed E-state index contributed by atoms with van der Waals surface area (Å²) in [6.07, 6.45) is 1.45. The lowest BCUT2D eigenvalue weighted by Crippen LogP contribution is -2.14. The average Bonchev–Trinajstić information content (AvgIpc) is 2.39. The van der Waals surface area contributed by atoms with Gasteiger partial charge in [-0.25, -0.2) is 8.42 Å². The highest BCUT2D eigenvalue weighted by Crippen LogP contribution is 2.15. The molecule has 0 amide bonds. The quantitative estimate of drug-likeness (QED) is 0.851. The van der Waals surface area contributed by atoms with Gasteiger partial charge in [0.2, 0.25) is 0 Å². The van der Waals surface area contributed by atoms with Crippen molar-refractivity contribution in [2.24, 2.45) is 0 Å². The molecule has 1 aromatic heterocycles. The first-order valence-electron chi connectivity index (χ1n) is 5.12. The fourth-order valence-corrected chi connectivity index (χ4v) is 2.43. The van der Waals surface area contributed by atoms with E-state index in [4.69, 9.17) is 5.11 Å². The predicted molar refractivity (Wildman–Crippen MR) is 65.2 cm³/mol. The number of hydrogen-bond acceptors (Lipinski definition) is 5. The van der Waals surface area contributed by atoms with Gasteiger partial charge in [-0.05, 0) is 29.8 Å². The zero-order valence-corrected chi connectivity index (χ0v) is 10.1. The average molecular weight is 265 g/mol. The molecule has 0 bridgehead atoms. The molecule has 0 spiro atoms. The second-order valence-electron chi connectivity index (χ2n) is 3.52. The van der Waals surface area contributed by atoms with Gasteiger partial charge < -0.3 is 5.11 Å². The van der Waals surface area contributed by atoms with E-state index in [9.17, 15) is 8.42 Å². The number of rotatable bonds is 4. The lowest BCUT2D eigenvalue weighted by atomic mass is 10.2. The topological polar surface area (TPSA) is 92.2 Å². The van der Waals surface area contributed by atoms with Crippen LogP contribution < -0.4 is 4.72 Å². The summed E-state index contributed by atoms with van der Waals surface area (Å²) in [6, 6.07) is 9.13. The number of benzene rings is 1. The van der Waals surface area contributed by atoms with Crippen LogP contribution in [0.5, 0.6) is 0 Å². The maximum absolute atomic E-state index is 12.0. The van der Waals surface area contributed by atoms with Crippen molar-refractivity contribution in [3.05, 3.63) is 48.2 Å². The highest BCUT2D eigenvalue weighted by Gasteiger charge is 2.15. The lowest BCUT2D eigenvalue weighted by Gasteiger charge is -2.07. The number of sulfonamides is 1. The van der Waals surface area contributed by atoms with Crippen molar-refractivity contribution in [3.63, 3.8) is 0 Å². The smallest absolute Gasteiger partial charge is 0.263 e. The molecule has 0 saturated carbocycles. The molecule has 0 aliphatic rings. The maximum Gasteiger partial charge on any atom is 0.263 e. The molecule has 1 heterocycles. The first kappa shape index (κ1) is 12.5. The molecule has 0 atom stereocenters. The number of aliphatic hydroxyl groups excluding tert-OH is 1. The molecule has 0 aliphatic heterocycles. The Morgan fingerprint density at radius 2 is 2.06 bits per heavy atom. The van der Waals surface area contributed by atoms with Gasteiger partial charge in [-0.1, -0.05) is 12.1 Å². The second-order valence-corrected chi connectivity index (χ2v) is 5.20. The van der Waals surface area contributed by atoms with Crippen LogP contribution in [-0.4, -0.2) is 23.7 Å². The molecule has 0 radical (unpaired) electrons. The third kappa shape index (κ3) is 2.82. The van der Waals surface area contributed by atoms with Crippen molar-refractivity contribution in [2.45, 2.75) is 11.5 Å². The molecule has 6 nitrogen and oxygen atoms in total. The second kappa shape index (κ2) is 5.11. The van der Waals surface area contributed by atoms with Crippen molar-refractivity contribution in [2.75, 3.05) is 4.72 Å². The third-order valence-electron chi connectivity index (χ3n) is 2.20. The van der Waals surface area contributed by atoms with Crippen LogP contribution in [0.25, 0.3) is 0 Å². The molecule has 0 fully saturated rings. The van der Waals surface area contributed by atoms with Gasteiger partial charge in [0.05, 0.1) is 11.5 Å². The monoisotopic (exact) mass is 265 g/mol. The van der Waals surface area contributed by atoms with E-state index in [1.54, 1.807) is 18.2 Å². The van der Waals surface area contributed by atoms with Crippen LogP contribution in [-0.2, 0) is 16.6 Å². The summed E-state index contributed by atoms with van der Waals surface area (Å²) >= 11 is 0. The fraction of sp³-hybridized carbons (Fsp3) is 0.0909. The molecule has 18 heavy (non-hydrogen) atoms. The molecule has 0 aliphatic carbocycles. The largest absolute Gasteiger partial charge is 0.392 e. The van der Waals surface area contributed by atoms with Gasteiger partial charge in [0.15, 0.2) is 5.82 Å². The summed E-state index contributed by atoms with van der Waals surface area (Å²) in [4.78, 5) is 0.0692. The van der Waals surface area contributed by atoms with E-state index in [-0.39, 0.29) is 17.3 Å². The van der Waals surface area contributed by atoms with Gasteiger partial charge in [0.25, 0.3) is 10.0 Å². The highest BCUT2D eigenvalue weighted by molar-refractivity contribution is 7.92. The van der Waals surface area contributed by atoms with E-state index >= 15 is 0 Å². The molecule has 94 valence electrons. The van der Waals surface area contributed by atoms with Gasteiger partial charge in [-0.15, -0.1) is 5.10 Å². The van der Waals surface area contributed by atoms with Crippen LogP contribution in [0, 0.1) is 0 Å². The lowest BCUT2D eigenvalue weighted by molar-refractivity contribution is 0.281. The fourth-order valence-electron chi connectivity index (χ4n) is 1.36. The molecule has 0 saturated heterocycles. The third-order valence-corrected chi connectivity index (χ3v) is 3.55. The van der Waals surface area contributed by atoms with E-state index < -0.39 is 10.0 Å². The number of nitrogens with one attached hydrogen (secondary N) is 1. The Kier molecular flexibility index (Phi) is 3.54. The SMILES string of the molecule is O=S(=O)(Nc1cccnn1)c1cccc(CO)c1. The van der Waals surface area contributed by atoms with Gasteiger partial charge in [0.1, 0.15) is 0 Å². The number of nitrogens with zero attached hydrogens (tertiary/aromatic N) is 2. The Labute approximate surface area is 104 Å². The predicted octanol–water partition coefficient (Wildman–Crippen LogP) is 0.770. The van der Waals surface area contributed by atoms with Gasteiger partial charge in [0, 0.05) is 6.20 Å². The van der Waals surface area contributed by atoms with Crippen LogP contribution in [0.3, 0.4) is 0 Å². The van der Waals surface area contributed by atoms with E-state index in [0.717, 1.165) is 0 Å². The Morgan fingerprint density at radius 3 is 2.72 bits per heavy atom. The van der Waals surface area contributed by atoms with E-state index in [1.807, 2.05) is 0 Å². The summed E-state index contributed by atoms with van der Waals surface area (Å²) in [6.45, 7) is -0.214. The minimum atomic E-state index is -3.71. The Bertz CT molecular complexity index is 629. The molecule has 1 aromatic carbocycles. The molecule has 7 heteroatoms. The molecule has 0 unspecified atom stereocenters. The van der Waals surface area contributed by atoms with E-state index in [2.05, 4.69) is 14.9 Å². The van der Waals surface area contributed by atoms with Crippen LogP contribution in [0.1, 0.15) is 5.56 Å². The molecular weight excluding hydrogens is 254 g/mol. The minimum absolute atomic E-state index is 0.0692. The van der Waals surface area contributed by atoms with Gasteiger partial charge in [-0.2, -0.15) is 5.10 Å². The summed E-state index contributed by atoms with van der Waals surface area (Å²) in [5, 5.41) is 16.2. The zero-order chi connectivity index (χ0) is 13.0. The summed E-state index contributed by atoms with van der Waals surface area (Å²) < 4.78 is 26.3. The summed E-state index contributed by atoms with van der Waals surface area (Å²) in [5.41, 5.74) is 0.525. The maximum atomic E-state index is 12.0. The number of aliphatic hydroxyl groups is 1. The Morgan fingerprint density at radius 1 is 1.22 bits per heavy atom. The first-order chi connectivity index (χ1) is 8.62. The zero-order valence-electron chi connectivity index (χ0n) is 9.31. The number of anilines is 1. The Balaban J connectivity index is 2.31. The highest BCUT2D eigenvalue weighted by atomic mass is 32.2. The van der Waals surface area contributed by atoms with Crippen molar-refractivity contribution < 1.29 is 13.5 Å². The van der Waals surface area contributed by atoms with Crippen LogP contribution in [0.4, 0.5) is 5.82 Å².